The molecule has 1 aromatic heterocycles. The molecule has 0 fully saturated rings. The number of nitrogens with one attached hydrogen (secondary N) is 2. The van der Waals surface area contributed by atoms with Crippen LogP contribution in [0.2, 0.25) is 0 Å². The van der Waals surface area contributed by atoms with E-state index in [2.05, 4.69) is 10.6 Å². The number of anilines is 1. The molecule has 0 saturated carbocycles. The molecule has 1 aliphatic rings. The third-order valence-electron chi connectivity index (χ3n) is 4.05. The van der Waals surface area contributed by atoms with Gasteiger partial charge in [-0.1, -0.05) is 12.1 Å². The van der Waals surface area contributed by atoms with Gasteiger partial charge < -0.3 is 10.6 Å². The lowest BCUT2D eigenvalue weighted by molar-refractivity contribution is -0.116. The maximum atomic E-state index is 12.3. The Morgan fingerprint density at radius 1 is 1.17 bits per heavy atom. The molecular weight excluding hydrogens is 324 g/mol. The molecule has 24 heavy (non-hydrogen) atoms. The standard InChI is InChI=1S/C18H18N2O3S/c1-10(19-18(23)16-7-6-15(24-16)11(2)21)12-3-5-14-13(9-12)4-8-17(22)20-14/h3,5-7,9-10H,4,8H2,1-2H3,(H,19,23)(H,20,22). The third kappa shape index (κ3) is 3.38. The number of hydrogen-bond acceptors (Lipinski definition) is 4. The minimum Gasteiger partial charge on any atom is -0.345 e. The summed E-state index contributed by atoms with van der Waals surface area (Å²) in [6.45, 7) is 3.41. The predicted octanol–water partition coefficient (Wildman–Crippen LogP) is 3.33. The van der Waals surface area contributed by atoms with Crippen LogP contribution >= 0.6 is 11.3 Å². The van der Waals surface area contributed by atoms with Gasteiger partial charge in [-0.3, -0.25) is 14.4 Å². The van der Waals surface area contributed by atoms with Gasteiger partial charge in [-0.25, -0.2) is 0 Å². The quantitative estimate of drug-likeness (QED) is 0.837. The van der Waals surface area contributed by atoms with E-state index >= 15 is 0 Å². The Morgan fingerprint density at radius 3 is 2.62 bits per heavy atom. The van der Waals surface area contributed by atoms with Gasteiger partial charge in [0, 0.05) is 12.1 Å². The van der Waals surface area contributed by atoms with Crippen molar-refractivity contribution in [2.75, 3.05) is 5.32 Å². The Labute approximate surface area is 144 Å². The normalized spacial score (nSPS) is 14.5. The first-order valence-electron chi connectivity index (χ1n) is 7.78. The molecule has 2 aromatic rings. The molecule has 5 nitrogen and oxygen atoms in total. The minimum atomic E-state index is -0.189. The zero-order valence-electron chi connectivity index (χ0n) is 13.5. The van der Waals surface area contributed by atoms with Crippen LogP contribution in [0.25, 0.3) is 0 Å². The van der Waals surface area contributed by atoms with Crippen molar-refractivity contribution < 1.29 is 14.4 Å². The Kier molecular flexibility index (Phi) is 4.49. The molecule has 2 amide bonds. The number of rotatable bonds is 4. The van der Waals surface area contributed by atoms with Gasteiger partial charge in [-0.15, -0.1) is 11.3 Å². The van der Waals surface area contributed by atoms with E-state index in [1.54, 1.807) is 12.1 Å². The number of Topliss-reactive ketones (excluding diaryl/α,β-unsaturated/α-hetero) is 1. The number of hydrogen-bond donors (Lipinski definition) is 2. The van der Waals surface area contributed by atoms with Gasteiger partial charge in [0.05, 0.1) is 15.8 Å². The lowest BCUT2D eigenvalue weighted by Gasteiger charge is -2.20. The van der Waals surface area contributed by atoms with E-state index in [1.807, 2.05) is 25.1 Å². The van der Waals surface area contributed by atoms with Crippen LogP contribution in [0.4, 0.5) is 5.69 Å². The van der Waals surface area contributed by atoms with E-state index in [1.165, 1.54) is 18.3 Å². The first-order chi connectivity index (χ1) is 11.4. The molecule has 0 aliphatic carbocycles. The fourth-order valence-electron chi connectivity index (χ4n) is 2.67. The van der Waals surface area contributed by atoms with Crippen LogP contribution in [-0.2, 0) is 11.2 Å². The van der Waals surface area contributed by atoms with Crippen LogP contribution in [0.3, 0.4) is 0 Å². The van der Waals surface area contributed by atoms with Crippen molar-refractivity contribution in [2.45, 2.75) is 32.7 Å². The summed E-state index contributed by atoms with van der Waals surface area (Å²) < 4.78 is 0. The van der Waals surface area contributed by atoms with Crippen molar-refractivity contribution in [3.8, 4) is 0 Å². The number of amides is 2. The molecular formula is C18H18N2O3S. The second-order valence-corrected chi connectivity index (χ2v) is 6.96. The van der Waals surface area contributed by atoms with Gasteiger partial charge >= 0.3 is 0 Å². The summed E-state index contributed by atoms with van der Waals surface area (Å²) in [5.41, 5.74) is 2.92. The van der Waals surface area contributed by atoms with E-state index in [0.717, 1.165) is 16.8 Å². The second kappa shape index (κ2) is 6.57. The van der Waals surface area contributed by atoms with Crippen molar-refractivity contribution in [1.29, 1.82) is 0 Å². The van der Waals surface area contributed by atoms with Crippen molar-refractivity contribution in [1.82, 2.24) is 5.32 Å². The molecule has 2 heterocycles. The number of ketones is 1. The van der Waals surface area contributed by atoms with Gasteiger partial charge in [0.2, 0.25) is 5.91 Å². The smallest absolute Gasteiger partial charge is 0.261 e. The maximum Gasteiger partial charge on any atom is 0.261 e. The number of thiophene rings is 1. The summed E-state index contributed by atoms with van der Waals surface area (Å²) in [5, 5.41) is 5.80. The summed E-state index contributed by atoms with van der Waals surface area (Å²) >= 11 is 1.20. The van der Waals surface area contributed by atoms with Crippen LogP contribution in [0.5, 0.6) is 0 Å². The number of carbonyl (C=O) groups is 3. The third-order valence-corrected chi connectivity index (χ3v) is 5.23. The van der Waals surface area contributed by atoms with Crippen LogP contribution < -0.4 is 10.6 Å². The summed E-state index contributed by atoms with van der Waals surface area (Å²) in [6.07, 6.45) is 1.20. The van der Waals surface area contributed by atoms with Gasteiger partial charge in [0.1, 0.15) is 0 Å². The average Bonchev–Trinajstić information content (AvgIpc) is 3.04. The van der Waals surface area contributed by atoms with Gasteiger partial charge in [0.25, 0.3) is 5.91 Å². The largest absolute Gasteiger partial charge is 0.345 e. The van der Waals surface area contributed by atoms with Gasteiger partial charge in [0.15, 0.2) is 5.78 Å². The van der Waals surface area contributed by atoms with Gasteiger partial charge in [-0.05, 0) is 49.6 Å². The number of benzene rings is 1. The Hall–Kier alpha value is -2.47. The molecule has 124 valence electrons. The average molecular weight is 342 g/mol. The lowest BCUT2D eigenvalue weighted by atomic mass is 9.98. The molecule has 0 bridgehead atoms. The molecule has 1 unspecified atom stereocenters. The molecule has 0 radical (unpaired) electrons. The molecule has 1 aliphatic heterocycles. The maximum absolute atomic E-state index is 12.3. The fourth-order valence-corrected chi connectivity index (χ4v) is 3.48. The molecule has 1 aromatic carbocycles. The van der Waals surface area contributed by atoms with Crippen LogP contribution in [0.15, 0.2) is 30.3 Å². The minimum absolute atomic E-state index is 0.0376. The molecule has 6 heteroatoms. The van der Waals surface area contributed by atoms with E-state index in [4.69, 9.17) is 0 Å². The lowest BCUT2D eigenvalue weighted by Crippen LogP contribution is -2.26. The summed E-state index contributed by atoms with van der Waals surface area (Å²) in [6, 6.07) is 8.99. The number of aryl methyl sites for hydroxylation is 1. The highest BCUT2D eigenvalue weighted by Crippen LogP contribution is 2.26. The summed E-state index contributed by atoms with van der Waals surface area (Å²) in [5.74, 6) is -0.189. The first-order valence-corrected chi connectivity index (χ1v) is 8.60. The highest BCUT2D eigenvalue weighted by Gasteiger charge is 2.18. The predicted molar refractivity (Wildman–Crippen MR) is 93.6 cm³/mol. The molecule has 1 atom stereocenters. The van der Waals surface area contributed by atoms with E-state index in [0.29, 0.717) is 22.6 Å². The number of carbonyl (C=O) groups excluding carboxylic acids is 3. The number of fused-ring (bicyclic) bond motifs is 1. The molecule has 0 spiro atoms. The van der Waals surface area contributed by atoms with Crippen LogP contribution in [-0.4, -0.2) is 17.6 Å². The Morgan fingerprint density at radius 2 is 1.92 bits per heavy atom. The zero-order valence-corrected chi connectivity index (χ0v) is 14.3. The van der Waals surface area contributed by atoms with Crippen molar-refractivity contribution in [3.63, 3.8) is 0 Å². The van der Waals surface area contributed by atoms with E-state index in [9.17, 15) is 14.4 Å². The monoisotopic (exact) mass is 342 g/mol. The Balaban J connectivity index is 1.72. The highest BCUT2D eigenvalue weighted by atomic mass is 32.1. The fraction of sp³-hybridized carbons (Fsp3) is 0.278. The first kappa shape index (κ1) is 16.4. The van der Waals surface area contributed by atoms with Crippen molar-refractivity contribution in [2.24, 2.45) is 0 Å². The van der Waals surface area contributed by atoms with Gasteiger partial charge in [-0.2, -0.15) is 0 Å². The van der Waals surface area contributed by atoms with E-state index < -0.39 is 0 Å². The molecule has 0 saturated heterocycles. The van der Waals surface area contributed by atoms with Crippen LogP contribution in [0, 0.1) is 0 Å². The van der Waals surface area contributed by atoms with Crippen molar-refractivity contribution >= 4 is 34.6 Å². The van der Waals surface area contributed by atoms with Crippen LogP contribution in [0.1, 0.15) is 56.8 Å². The van der Waals surface area contributed by atoms with E-state index in [-0.39, 0.29) is 23.6 Å². The topological polar surface area (TPSA) is 75.3 Å². The molecule has 3 rings (SSSR count). The highest BCUT2D eigenvalue weighted by molar-refractivity contribution is 7.15. The molecule has 2 N–H and O–H groups in total. The second-order valence-electron chi connectivity index (χ2n) is 5.88. The SMILES string of the molecule is CC(=O)c1ccc(C(=O)NC(C)c2ccc3c(c2)CCC(=O)N3)s1. The Bertz CT molecular complexity index is 825. The van der Waals surface area contributed by atoms with Crippen molar-refractivity contribution in [3.05, 3.63) is 51.2 Å². The zero-order chi connectivity index (χ0) is 17.3. The summed E-state index contributed by atoms with van der Waals surface area (Å²) in [4.78, 5) is 36.2. The summed E-state index contributed by atoms with van der Waals surface area (Å²) in [7, 11) is 0.